The summed E-state index contributed by atoms with van der Waals surface area (Å²) in [6.07, 6.45) is 0.960. The lowest BCUT2D eigenvalue weighted by Crippen LogP contribution is -2.46. The average Bonchev–Trinajstić information content (AvgIpc) is 2.63. The molecule has 1 aliphatic heterocycles. The fraction of sp³-hybridized carbons (Fsp3) is 0.923. The second-order valence-electron chi connectivity index (χ2n) is 5.66. The Kier molecular flexibility index (Phi) is 5.40. The highest BCUT2D eigenvalue weighted by Gasteiger charge is 2.29. The van der Waals surface area contributed by atoms with E-state index >= 15 is 0 Å². The van der Waals surface area contributed by atoms with Crippen molar-refractivity contribution in [1.29, 1.82) is 0 Å². The van der Waals surface area contributed by atoms with Crippen molar-refractivity contribution in [1.82, 2.24) is 15.5 Å². The van der Waals surface area contributed by atoms with Gasteiger partial charge in [-0.1, -0.05) is 13.8 Å². The van der Waals surface area contributed by atoms with Gasteiger partial charge in [0.1, 0.15) is 0 Å². The molecule has 0 radical (unpaired) electrons. The van der Waals surface area contributed by atoms with Gasteiger partial charge in [0.25, 0.3) is 0 Å². The number of amides is 1. The van der Waals surface area contributed by atoms with Gasteiger partial charge in [-0.2, -0.15) is 0 Å². The van der Waals surface area contributed by atoms with Gasteiger partial charge >= 0.3 is 0 Å². The molecule has 1 rings (SSSR count). The normalized spacial score (nSPS) is 26.5. The molecule has 1 heterocycles. The Morgan fingerprint density at radius 2 is 2.12 bits per heavy atom. The molecule has 0 aromatic rings. The van der Waals surface area contributed by atoms with Gasteiger partial charge in [-0.05, 0) is 39.9 Å². The molecule has 4 heteroatoms. The molecule has 1 fully saturated rings. The number of rotatable bonds is 5. The van der Waals surface area contributed by atoms with E-state index in [9.17, 15) is 4.79 Å². The van der Waals surface area contributed by atoms with Crippen LogP contribution < -0.4 is 10.6 Å². The summed E-state index contributed by atoms with van der Waals surface area (Å²) < 4.78 is 0. The minimum Gasteiger partial charge on any atom is -0.354 e. The van der Waals surface area contributed by atoms with Crippen molar-refractivity contribution in [3.05, 3.63) is 0 Å². The first kappa shape index (κ1) is 14.5. The number of nitrogens with one attached hydrogen (secondary N) is 2. The lowest BCUT2D eigenvalue weighted by Gasteiger charge is -2.28. The molecule has 0 saturated carbocycles. The minimum absolute atomic E-state index is 0.143. The highest BCUT2D eigenvalue weighted by atomic mass is 16.1. The smallest absolute Gasteiger partial charge is 0.224 e. The van der Waals surface area contributed by atoms with Crippen LogP contribution in [0, 0.1) is 11.8 Å². The van der Waals surface area contributed by atoms with Crippen LogP contribution >= 0.6 is 0 Å². The quantitative estimate of drug-likeness (QED) is 0.744. The Bertz CT molecular complexity index is 245. The van der Waals surface area contributed by atoms with Crippen molar-refractivity contribution in [3.8, 4) is 0 Å². The summed E-state index contributed by atoms with van der Waals surface area (Å²) in [4.78, 5) is 14.2. The fourth-order valence-electron chi connectivity index (χ4n) is 2.57. The molecule has 0 bridgehead atoms. The van der Waals surface area contributed by atoms with E-state index in [0.29, 0.717) is 18.0 Å². The molecule has 0 aromatic heterocycles. The maximum atomic E-state index is 12.0. The van der Waals surface area contributed by atoms with Crippen LogP contribution in [0.25, 0.3) is 0 Å². The van der Waals surface area contributed by atoms with Crippen molar-refractivity contribution < 1.29 is 4.79 Å². The Morgan fingerprint density at radius 3 is 2.53 bits per heavy atom. The van der Waals surface area contributed by atoms with E-state index in [4.69, 9.17) is 0 Å². The second kappa shape index (κ2) is 6.36. The van der Waals surface area contributed by atoms with Gasteiger partial charge in [0, 0.05) is 18.6 Å². The van der Waals surface area contributed by atoms with Crippen molar-refractivity contribution in [3.63, 3.8) is 0 Å². The highest BCUT2D eigenvalue weighted by Crippen LogP contribution is 2.15. The number of carbonyl (C=O) groups excluding carboxylic acids is 1. The summed E-state index contributed by atoms with van der Waals surface area (Å²) in [5.74, 6) is 0.893. The van der Waals surface area contributed by atoms with E-state index in [2.05, 4.69) is 50.4 Å². The van der Waals surface area contributed by atoms with Gasteiger partial charge in [0.05, 0.1) is 5.92 Å². The number of nitrogens with zero attached hydrogens (tertiary/aromatic N) is 1. The van der Waals surface area contributed by atoms with Gasteiger partial charge < -0.3 is 15.5 Å². The third-order valence-electron chi connectivity index (χ3n) is 3.78. The van der Waals surface area contributed by atoms with E-state index in [-0.39, 0.29) is 11.8 Å². The molecule has 1 aliphatic rings. The molecular formula is C13H27N3O. The van der Waals surface area contributed by atoms with Gasteiger partial charge in [-0.3, -0.25) is 4.79 Å². The molecule has 100 valence electrons. The van der Waals surface area contributed by atoms with Crippen molar-refractivity contribution in [2.45, 2.75) is 39.3 Å². The van der Waals surface area contributed by atoms with Crippen LogP contribution in [0.4, 0.5) is 0 Å². The van der Waals surface area contributed by atoms with Crippen molar-refractivity contribution in [2.24, 2.45) is 11.8 Å². The minimum atomic E-state index is 0.143. The van der Waals surface area contributed by atoms with E-state index in [0.717, 1.165) is 19.5 Å². The summed E-state index contributed by atoms with van der Waals surface area (Å²) >= 11 is 0. The summed E-state index contributed by atoms with van der Waals surface area (Å²) in [5.41, 5.74) is 0. The van der Waals surface area contributed by atoms with Crippen molar-refractivity contribution >= 4 is 5.91 Å². The first-order valence-corrected chi connectivity index (χ1v) is 6.61. The number of hydrogen-bond donors (Lipinski definition) is 2. The second-order valence-corrected chi connectivity index (χ2v) is 5.66. The van der Waals surface area contributed by atoms with Gasteiger partial charge in [-0.25, -0.2) is 0 Å². The van der Waals surface area contributed by atoms with Crippen LogP contribution in [0.15, 0.2) is 0 Å². The lowest BCUT2D eigenvalue weighted by atomic mass is 10.00. The van der Waals surface area contributed by atoms with Crippen LogP contribution in [0.3, 0.4) is 0 Å². The molecule has 0 spiro atoms. The van der Waals surface area contributed by atoms with E-state index in [1.807, 2.05) is 0 Å². The molecule has 4 nitrogen and oxygen atoms in total. The molecule has 17 heavy (non-hydrogen) atoms. The molecule has 0 aliphatic carbocycles. The average molecular weight is 241 g/mol. The first-order valence-electron chi connectivity index (χ1n) is 6.61. The molecule has 1 amide bonds. The summed E-state index contributed by atoms with van der Waals surface area (Å²) in [6.45, 7) is 8.17. The Balaban J connectivity index is 2.41. The van der Waals surface area contributed by atoms with Crippen LogP contribution in [0.2, 0.25) is 0 Å². The molecule has 3 atom stereocenters. The Morgan fingerprint density at radius 1 is 1.47 bits per heavy atom. The predicted octanol–water partition coefficient (Wildman–Crippen LogP) is 0.687. The zero-order chi connectivity index (χ0) is 13.0. The first-order chi connectivity index (χ1) is 7.93. The van der Waals surface area contributed by atoms with Crippen molar-refractivity contribution in [2.75, 3.05) is 27.2 Å². The van der Waals surface area contributed by atoms with E-state index in [1.54, 1.807) is 0 Å². The van der Waals surface area contributed by atoms with Crippen LogP contribution in [0.5, 0.6) is 0 Å². The SMILES string of the molecule is CC(C)C(CNC(=O)C1CCNC1C)N(C)C. The zero-order valence-corrected chi connectivity index (χ0v) is 11.8. The predicted molar refractivity (Wildman–Crippen MR) is 70.9 cm³/mol. The monoisotopic (exact) mass is 241 g/mol. The standard InChI is InChI=1S/C13H27N3O/c1-9(2)12(16(4)5)8-15-13(17)11-6-7-14-10(11)3/h9-12,14H,6-8H2,1-5H3,(H,15,17). The third-order valence-corrected chi connectivity index (χ3v) is 3.78. The summed E-state index contributed by atoms with van der Waals surface area (Å²) in [7, 11) is 4.13. The molecule has 2 N–H and O–H groups in total. The van der Waals surface area contributed by atoms with Gasteiger partial charge in [0.2, 0.25) is 5.91 Å². The van der Waals surface area contributed by atoms with E-state index in [1.165, 1.54) is 0 Å². The maximum absolute atomic E-state index is 12.0. The van der Waals surface area contributed by atoms with Crippen LogP contribution in [-0.4, -0.2) is 50.1 Å². The summed E-state index contributed by atoms with van der Waals surface area (Å²) in [6, 6.07) is 0.718. The van der Waals surface area contributed by atoms with Crippen LogP contribution in [0.1, 0.15) is 27.2 Å². The van der Waals surface area contributed by atoms with Crippen LogP contribution in [-0.2, 0) is 4.79 Å². The van der Waals surface area contributed by atoms with Gasteiger partial charge in [-0.15, -0.1) is 0 Å². The summed E-state index contributed by atoms with van der Waals surface area (Å²) in [5, 5.41) is 6.41. The molecular weight excluding hydrogens is 214 g/mol. The Hall–Kier alpha value is -0.610. The molecule has 0 aromatic carbocycles. The Labute approximate surface area is 105 Å². The maximum Gasteiger partial charge on any atom is 0.224 e. The third kappa shape index (κ3) is 3.96. The number of likely N-dealkylation sites (N-methyl/N-ethyl adjacent to an activating group) is 1. The fourth-order valence-corrected chi connectivity index (χ4v) is 2.57. The number of carbonyl (C=O) groups is 1. The highest BCUT2D eigenvalue weighted by molar-refractivity contribution is 5.79. The molecule has 3 unspecified atom stereocenters. The topological polar surface area (TPSA) is 44.4 Å². The van der Waals surface area contributed by atoms with E-state index < -0.39 is 0 Å². The van der Waals surface area contributed by atoms with Gasteiger partial charge in [0.15, 0.2) is 0 Å². The number of hydrogen-bond acceptors (Lipinski definition) is 3. The zero-order valence-electron chi connectivity index (χ0n) is 11.8. The lowest BCUT2D eigenvalue weighted by molar-refractivity contribution is -0.125. The largest absolute Gasteiger partial charge is 0.354 e. The molecule has 1 saturated heterocycles.